The Balaban J connectivity index is 2.14. The van der Waals surface area contributed by atoms with E-state index in [0.717, 1.165) is 0 Å². The van der Waals surface area contributed by atoms with E-state index in [2.05, 4.69) is 26.5 Å². The van der Waals surface area contributed by atoms with Crippen LogP contribution in [0, 0.1) is 0 Å². The molecule has 2 rings (SSSR count). The summed E-state index contributed by atoms with van der Waals surface area (Å²) in [5.74, 6) is -0.976. The highest BCUT2D eigenvalue weighted by Gasteiger charge is 2.03. The van der Waals surface area contributed by atoms with Crippen LogP contribution < -0.4 is 15.3 Å². The summed E-state index contributed by atoms with van der Waals surface area (Å²) in [7, 11) is 0. The number of ether oxygens (including phenoxy) is 1. The molecule has 0 amide bonds. The van der Waals surface area contributed by atoms with E-state index in [9.17, 15) is 9.90 Å². The molecule has 0 aliphatic heterocycles. The van der Waals surface area contributed by atoms with Gasteiger partial charge in [-0.25, -0.2) is 4.79 Å². The van der Waals surface area contributed by atoms with Gasteiger partial charge in [-0.05, 0) is 42.8 Å². The lowest BCUT2D eigenvalue weighted by Gasteiger charge is -2.16. The molecule has 2 aromatic rings. The normalized spacial score (nSPS) is 10.7. The number of hydrogen-bond acceptors (Lipinski definition) is 5. The molecule has 0 aliphatic rings. The molecule has 0 atom stereocenters. The molecule has 0 spiro atoms. The van der Waals surface area contributed by atoms with Crippen LogP contribution in [0.2, 0.25) is 0 Å². The van der Waals surface area contributed by atoms with Gasteiger partial charge in [-0.3, -0.25) is 5.43 Å². The molecule has 2 aromatic carbocycles. The standard InChI is InChI=1S/C16H15BrN2O4/c1-2-23-14-7-10(6-13(17)15(14)20)9-18-19-12-5-3-4-11(8-12)16(21)22/h3-9,19-20H,2H2,1H3,(H,21,22)/p-1/b18-9+. The van der Waals surface area contributed by atoms with Gasteiger partial charge in [0.2, 0.25) is 0 Å². The third kappa shape index (κ3) is 4.46. The molecule has 0 saturated carbocycles. The van der Waals surface area contributed by atoms with Gasteiger partial charge in [0.1, 0.15) is 5.75 Å². The van der Waals surface area contributed by atoms with Gasteiger partial charge in [0.05, 0.1) is 24.1 Å². The van der Waals surface area contributed by atoms with Crippen molar-refractivity contribution in [2.45, 2.75) is 6.92 Å². The lowest BCUT2D eigenvalue weighted by molar-refractivity contribution is -0.271. The predicted octanol–water partition coefficient (Wildman–Crippen LogP) is 3.07. The van der Waals surface area contributed by atoms with E-state index in [1.807, 2.05) is 0 Å². The molecule has 0 fully saturated rings. The number of hydrogen-bond donors (Lipinski definition) is 2. The molecule has 0 aromatic heterocycles. The van der Waals surface area contributed by atoms with Crippen molar-refractivity contribution >= 4 is 33.8 Å². The first kappa shape index (κ1) is 16.8. The number of carboxylic acids is 1. The maximum Gasteiger partial charge on any atom is 0.335 e. The van der Waals surface area contributed by atoms with Crippen LogP contribution in [-0.4, -0.2) is 23.9 Å². The molecule has 0 saturated heterocycles. The highest BCUT2D eigenvalue weighted by atomic mass is 79.9. The van der Waals surface area contributed by atoms with Crippen molar-refractivity contribution in [3.05, 3.63) is 52.0 Å². The third-order valence-electron chi connectivity index (χ3n) is 2.85. The number of nitrogens with one attached hydrogen (secondary N) is 1. The summed E-state index contributed by atoms with van der Waals surface area (Å²) in [4.78, 5) is 10.9. The number of carboxylic acid groups (broad SMARTS) is 1. The van der Waals surface area contributed by atoms with Crippen molar-refractivity contribution < 1.29 is 19.7 Å². The number of benzene rings is 2. The zero-order valence-corrected chi connectivity index (χ0v) is 13.8. The van der Waals surface area contributed by atoms with Crippen molar-refractivity contribution in [1.29, 1.82) is 0 Å². The Kier molecular flexibility index (Phi) is 5.59. The van der Waals surface area contributed by atoms with E-state index >= 15 is 0 Å². The number of halogens is 1. The largest absolute Gasteiger partial charge is 0.869 e. The van der Waals surface area contributed by atoms with Gasteiger partial charge in [0.25, 0.3) is 0 Å². The van der Waals surface area contributed by atoms with Crippen molar-refractivity contribution in [2.75, 3.05) is 12.0 Å². The number of carbonyl (C=O) groups is 1. The maximum atomic E-state index is 11.8. The molecule has 0 radical (unpaired) electrons. The van der Waals surface area contributed by atoms with Crippen LogP contribution in [-0.2, 0) is 0 Å². The van der Waals surface area contributed by atoms with Crippen molar-refractivity contribution in [3.8, 4) is 11.5 Å². The van der Waals surface area contributed by atoms with Gasteiger partial charge in [-0.2, -0.15) is 5.10 Å². The maximum absolute atomic E-state index is 11.8. The van der Waals surface area contributed by atoms with E-state index in [0.29, 0.717) is 22.3 Å². The fourth-order valence-electron chi connectivity index (χ4n) is 1.83. The first-order chi connectivity index (χ1) is 11.0. The third-order valence-corrected chi connectivity index (χ3v) is 3.44. The van der Waals surface area contributed by atoms with Crippen molar-refractivity contribution in [1.82, 2.24) is 0 Å². The summed E-state index contributed by atoms with van der Waals surface area (Å²) in [6.45, 7) is 2.19. The molecule has 0 heterocycles. The monoisotopic (exact) mass is 377 g/mol. The minimum absolute atomic E-state index is 0.169. The highest BCUT2D eigenvalue weighted by molar-refractivity contribution is 9.10. The van der Waals surface area contributed by atoms with Crippen LogP contribution in [0.3, 0.4) is 0 Å². The summed E-state index contributed by atoms with van der Waals surface area (Å²) in [5.41, 5.74) is 4.13. The Morgan fingerprint density at radius 2 is 2.22 bits per heavy atom. The Morgan fingerprint density at radius 3 is 2.91 bits per heavy atom. The fraction of sp³-hybridized carbons (Fsp3) is 0.125. The van der Waals surface area contributed by atoms with E-state index in [-0.39, 0.29) is 17.1 Å². The van der Waals surface area contributed by atoms with Crippen LogP contribution in [0.15, 0.2) is 46.0 Å². The summed E-state index contributed by atoms with van der Waals surface area (Å²) >= 11 is 3.19. The summed E-state index contributed by atoms with van der Waals surface area (Å²) in [6.07, 6.45) is 1.51. The van der Waals surface area contributed by atoms with Gasteiger partial charge in [0.15, 0.2) is 0 Å². The summed E-state index contributed by atoms with van der Waals surface area (Å²) in [6, 6.07) is 9.51. The molecule has 0 unspecified atom stereocenters. The first-order valence-electron chi connectivity index (χ1n) is 6.77. The number of aromatic carboxylic acids is 1. The van der Waals surface area contributed by atoms with Gasteiger partial charge < -0.3 is 14.9 Å². The van der Waals surface area contributed by atoms with Crippen molar-refractivity contribution in [2.24, 2.45) is 5.10 Å². The lowest BCUT2D eigenvalue weighted by Crippen LogP contribution is -2.01. The molecular formula is C16H14BrN2O4-. The second-order valence-corrected chi connectivity index (χ2v) is 5.37. The van der Waals surface area contributed by atoms with Crippen LogP contribution in [0.4, 0.5) is 5.69 Å². The minimum atomic E-state index is -1.01. The van der Waals surface area contributed by atoms with Gasteiger partial charge in [0, 0.05) is 4.47 Å². The van der Waals surface area contributed by atoms with Crippen LogP contribution in [0.5, 0.6) is 11.5 Å². The highest BCUT2D eigenvalue weighted by Crippen LogP contribution is 2.32. The predicted molar refractivity (Wildman–Crippen MR) is 89.4 cm³/mol. The number of hydrazone groups is 1. The fourth-order valence-corrected chi connectivity index (χ4v) is 2.29. The molecule has 0 bridgehead atoms. The summed E-state index contributed by atoms with van der Waals surface area (Å²) < 4.78 is 5.66. The quantitative estimate of drug-likeness (QED) is 0.595. The molecule has 0 aliphatic carbocycles. The van der Waals surface area contributed by atoms with Crippen LogP contribution in [0.25, 0.3) is 0 Å². The SMILES string of the molecule is CCOc1cc(/C=N/Nc2cccc(C(=O)O)c2)cc(Br)c1[O-]. The number of rotatable bonds is 6. The average molecular weight is 378 g/mol. The molecule has 23 heavy (non-hydrogen) atoms. The smallest absolute Gasteiger partial charge is 0.335 e. The minimum Gasteiger partial charge on any atom is -0.869 e. The Hall–Kier alpha value is -2.54. The first-order valence-corrected chi connectivity index (χ1v) is 7.56. The molecule has 2 N–H and O–H groups in total. The van der Waals surface area contributed by atoms with Gasteiger partial charge >= 0.3 is 5.97 Å². The second-order valence-electron chi connectivity index (χ2n) is 4.52. The van der Waals surface area contributed by atoms with E-state index in [1.54, 1.807) is 31.2 Å². The lowest BCUT2D eigenvalue weighted by atomic mass is 10.2. The topological polar surface area (TPSA) is 94.0 Å². The average Bonchev–Trinajstić information content (AvgIpc) is 2.52. The molecular weight excluding hydrogens is 364 g/mol. The van der Waals surface area contributed by atoms with Gasteiger partial charge in [-0.15, -0.1) is 0 Å². The van der Waals surface area contributed by atoms with Crippen LogP contribution in [0.1, 0.15) is 22.8 Å². The Labute approximate surface area is 141 Å². The number of anilines is 1. The molecule has 7 heteroatoms. The van der Waals surface area contributed by atoms with E-state index in [1.165, 1.54) is 18.3 Å². The second kappa shape index (κ2) is 7.64. The van der Waals surface area contributed by atoms with Crippen molar-refractivity contribution in [3.63, 3.8) is 0 Å². The van der Waals surface area contributed by atoms with E-state index in [4.69, 9.17) is 9.84 Å². The van der Waals surface area contributed by atoms with E-state index < -0.39 is 5.97 Å². The molecule has 120 valence electrons. The Bertz CT molecular complexity index is 747. The zero-order chi connectivity index (χ0) is 16.8. The zero-order valence-electron chi connectivity index (χ0n) is 12.2. The van der Waals surface area contributed by atoms with Gasteiger partial charge in [-0.1, -0.05) is 27.7 Å². The number of nitrogens with zero attached hydrogens (tertiary/aromatic N) is 1. The summed E-state index contributed by atoms with van der Waals surface area (Å²) in [5, 5.41) is 24.8. The van der Waals surface area contributed by atoms with Crippen LogP contribution >= 0.6 is 15.9 Å². The Morgan fingerprint density at radius 1 is 1.43 bits per heavy atom. The molecule has 6 nitrogen and oxygen atoms in total.